The van der Waals surface area contributed by atoms with Crippen LogP contribution in [-0.4, -0.2) is 56.9 Å². The van der Waals surface area contributed by atoms with E-state index in [1.54, 1.807) is 23.0 Å². The molecule has 0 rings (SSSR count). The van der Waals surface area contributed by atoms with Crippen LogP contribution in [0.5, 0.6) is 0 Å². The molecule has 92 valence electrons. The Morgan fingerprint density at radius 3 is 2.20 bits per heavy atom. The third kappa shape index (κ3) is 11.0. The van der Waals surface area contributed by atoms with Gasteiger partial charge in [-0.05, 0) is 0 Å². The second kappa shape index (κ2) is 7.16. The van der Waals surface area contributed by atoms with Crippen molar-refractivity contribution in [3.8, 4) is 0 Å². The summed E-state index contributed by atoms with van der Waals surface area (Å²) in [4.78, 5) is 9.18. The quantitative estimate of drug-likeness (QED) is 0.307. The fourth-order valence-electron chi connectivity index (χ4n) is 0.651. The summed E-state index contributed by atoms with van der Waals surface area (Å²) in [7, 11) is 2.00. The summed E-state index contributed by atoms with van der Waals surface area (Å²) in [6.45, 7) is 1.12. The average molecular weight is 354 g/mol. The molecule has 0 aromatic heterocycles. The lowest BCUT2D eigenvalue weighted by Crippen LogP contribution is -2.37. The smallest absolute Gasteiger partial charge is 0.329 e. The number of likely N-dealkylation sites (N-methyl/N-ethyl adjacent to an activating group) is 1. The summed E-state index contributed by atoms with van der Waals surface area (Å²) in [5, 5.41) is 0. The molecule has 0 bridgehead atoms. The van der Waals surface area contributed by atoms with Crippen LogP contribution in [0.15, 0.2) is 0 Å². The van der Waals surface area contributed by atoms with Crippen LogP contribution in [0.25, 0.3) is 0 Å². The van der Waals surface area contributed by atoms with Crippen LogP contribution in [-0.2, 0) is 16.7 Å². The zero-order valence-electron chi connectivity index (χ0n) is 9.18. The standard InChI is InChI=1S/C7H17INO5P/c1-9(2,3)4-5-13-15(10,11)14-7-6-12-8/h4-7H2,1-3H3/p+1. The third-order valence-corrected chi connectivity index (χ3v) is 2.89. The summed E-state index contributed by atoms with van der Waals surface area (Å²) < 4.78 is 25.9. The molecule has 6 nitrogen and oxygen atoms in total. The zero-order chi connectivity index (χ0) is 11.9. The van der Waals surface area contributed by atoms with Crippen molar-refractivity contribution in [2.45, 2.75) is 0 Å². The highest BCUT2D eigenvalue weighted by atomic mass is 127. The molecule has 0 saturated heterocycles. The molecule has 0 aliphatic carbocycles. The monoisotopic (exact) mass is 354 g/mol. The lowest BCUT2D eigenvalue weighted by atomic mass is 10.5. The minimum atomic E-state index is -3.90. The minimum Gasteiger partial charge on any atom is -0.329 e. The van der Waals surface area contributed by atoms with Crippen LogP contribution in [0.2, 0.25) is 0 Å². The number of quaternary nitrogens is 1. The molecule has 0 aliphatic heterocycles. The Bertz CT molecular complexity index is 220. The van der Waals surface area contributed by atoms with Crippen molar-refractivity contribution >= 4 is 30.8 Å². The SMILES string of the molecule is C[N+](C)(C)CCOP(=O)(O)OCCOI. The van der Waals surface area contributed by atoms with Gasteiger partial charge in [-0.1, -0.05) is 0 Å². The van der Waals surface area contributed by atoms with E-state index in [9.17, 15) is 9.46 Å². The predicted molar refractivity (Wildman–Crippen MR) is 64.6 cm³/mol. The van der Waals surface area contributed by atoms with E-state index in [4.69, 9.17) is 4.52 Å². The van der Waals surface area contributed by atoms with Gasteiger partial charge in [-0.3, -0.25) is 9.05 Å². The van der Waals surface area contributed by atoms with E-state index in [-0.39, 0.29) is 19.8 Å². The highest BCUT2D eigenvalue weighted by Crippen LogP contribution is 2.42. The molecule has 1 unspecified atom stereocenters. The molecule has 0 aromatic rings. The minimum absolute atomic E-state index is 0.0428. The van der Waals surface area contributed by atoms with Crippen LogP contribution in [0.4, 0.5) is 0 Å². The Morgan fingerprint density at radius 2 is 1.73 bits per heavy atom. The van der Waals surface area contributed by atoms with E-state index in [1.807, 2.05) is 21.1 Å². The molecule has 0 aromatic carbocycles. The van der Waals surface area contributed by atoms with Crippen LogP contribution >= 0.6 is 30.8 Å². The van der Waals surface area contributed by atoms with Gasteiger partial charge in [-0.15, -0.1) is 0 Å². The first-order valence-corrected chi connectivity index (χ1v) is 6.80. The maximum absolute atomic E-state index is 11.2. The summed E-state index contributed by atoms with van der Waals surface area (Å²) in [6, 6.07) is 0. The fourth-order valence-corrected chi connectivity index (χ4v) is 1.52. The third-order valence-electron chi connectivity index (χ3n) is 1.43. The van der Waals surface area contributed by atoms with Gasteiger partial charge in [0.25, 0.3) is 0 Å². The van der Waals surface area contributed by atoms with Crippen molar-refractivity contribution in [3.63, 3.8) is 0 Å². The van der Waals surface area contributed by atoms with Crippen LogP contribution in [0.3, 0.4) is 0 Å². The molecule has 15 heavy (non-hydrogen) atoms. The molecular weight excluding hydrogens is 336 g/mol. The molecule has 1 atom stereocenters. The van der Waals surface area contributed by atoms with Crippen LogP contribution in [0.1, 0.15) is 0 Å². The Balaban J connectivity index is 3.69. The van der Waals surface area contributed by atoms with Crippen molar-refractivity contribution in [3.05, 3.63) is 0 Å². The topological polar surface area (TPSA) is 65.0 Å². The number of hydrogen-bond acceptors (Lipinski definition) is 4. The Labute approximate surface area is 104 Å². The number of nitrogens with zero attached hydrogens (tertiary/aromatic N) is 1. The van der Waals surface area contributed by atoms with Crippen molar-refractivity contribution in [2.24, 2.45) is 0 Å². The Kier molecular flexibility index (Phi) is 7.52. The number of phosphoric ester groups is 1. The molecule has 0 radical (unpaired) electrons. The Morgan fingerprint density at radius 1 is 1.20 bits per heavy atom. The molecule has 0 amide bonds. The normalized spacial score (nSPS) is 16.3. The Hall–Kier alpha value is 0.760. The van der Waals surface area contributed by atoms with Gasteiger partial charge in [0.2, 0.25) is 0 Å². The first-order chi connectivity index (χ1) is 6.77. The van der Waals surface area contributed by atoms with E-state index >= 15 is 0 Å². The first kappa shape index (κ1) is 15.8. The van der Waals surface area contributed by atoms with E-state index in [1.165, 1.54) is 0 Å². The molecule has 0 saturated carbocycles. The first-order valence-electron chi connectivity index (χ1n) is 4.43. The van der Waals surface area contributed by atoms with Crippen molar-refractivity contribution in [1.82, 2.24) is 0 Å². The van der Waals surface area contributed by atoms with Gasteiger partial charge in [0.1, 0.15) is 36.2 Å². The van der Waals surface area contributed by atoms with Gasteiger partial charge in [-0.25, -0.2) is 4.57 Å². The maximum atomic E-state index is 11.2. The van der Waals surface area contributed by atoms with Gasteiger partial charge in [-0.2, -0.15) is 0 Å². The number of rotatable bonds is 8. The van der Waals surface area contributed by atoms with Crippen molar-refractivity contribution in [1.29, 1.82) is 0 Å². The van der Waals surface area contributed by atoms with E-state index < -0.39 is 7.82 Å². The number of hydrogen-bond donors (Lipinski definition) is 1. The van der Waals surface area contributed by atoms with Gasteiger partial charge in [0, 0.05) is 0 Å². The average Bonchev–Trinajstić information content (AvgIpc) is 2.01. The zero-order valence-corrected chi connectivity index (χ0v) is 12.2. The molecule has 0 fully saturated rings. The number of halogens is 1. The van der Waals surface area contributed by atoms with E-state index in [0.717, 1.165) is 0 Å². The lowest BCUT2D eigenvalue weighted by Gasteiger charge is -2.23. The van der Waals surface area contributed by atoms with Gasteiger partial charge < -0.3 is 12.4 Å². The van der Waals surface area contributed by atoms with Crippen molar-refractivity contribution in [2.75, 3.05) is 47.5 Å². The van der Waals surface area contributed by atoms with Gasteiger partial charge >= 0.3 is 7.82 Å². The second-order valence-corrected chi connectivity index (χ2v) is 6.04. The van der Waals surface area contributed by atoms with Gasteiger partial charge in [0.15, 0.2) is 0 Å². The van der Waals surface area contributed by atoms with Gasteiger partial charge in [0.05, 0.1) is 34.4 Å². The molecule has 0 heterocycles. The molecular formula is C7H18INO5P+. The van der Waals surface area contributed by atoms with Crippen molar-refractivity contribution < 1.29 is 26.1 Å². The second-order valence-electron chi connectivity index (χ2n) is 3.96. The largest absolute Gasteiger partial charge is 0.472 e. The summed E-state index contributed by atoms with van der Waals surface area (Å²) in [5.41, 5.74) is 0. The van der Waals surface area contributed by atoms with Crippen LogP contribution < -0.4 is 0 Å². The fraction of sp³-hybridized carbons (Fsp3) is 1.00. The summed E-state index contributed by atoms with van der Waals surface area (Å²) >= 11 is 1.68. The molecule has 0 spiro atoms. The predicted octanol–water partition coefficient (Wildman–Crippen LogP) is 1.19. The highest BCUT2D eigenvalue weighted by Gasteiger charge is 2.21. The highest BCUT2D eigenvalue weighted by molar-refractivity contribution is 14.1. The van der Waals surface area contributed by atoms with Crippen LogP contribution in [0, 0.1) is 0 Å². The van der Waals surface area contributed by atoms with E-state index in [0.29, 0.717) is 11.0 Å². The molecule has 8 heteroatoms. The lowest BCUT2D eigenvalue weighted by molar-refractivity contribution is -0.870. The summed E-state index contributed by atoms with van der Waals surface area (Å²) in [6.07, 6.45) is 0. The summed E-state index contributed by atoms with van der Waals surface area (Å²) in [5.74, 6) is 0. The molecule has 0 aliphatic rings. The molecule has 1 N–H and O–H groups in total. The number of phosphoric acid groups is 1. The van der Waals surface area contributed by atoms with E-state index in [2.05, 4.69) is 7.59 Å². The maximum Gasteiger partial charge on any atom is 0.472 e.